The van der Waals surface area contributed by atoms with Crippen LogP contribution in [0.15, 0.2) is 11.6 Å². The lowest BCUT2D eigenvalue weighted by atomic mass is 10.2. The zero-order valence-electron chi connectivity index (χ0n) is 5.56. The van der Waals surface area contributed by atoms with Crippen molar-refractivity contribution in [2.75, 3.05) is 5.33 Å². The van der Waals surface area contributed by atoms with Gasteiger partial charge in [0.1, 0.15) is 6.29 Å². The molecule has 0 amide bonds. The van der Waals surface area contributed by atoms with Crippen LogP contribution in [0.4, 0.5) is 0 Å². The molecule has 0 saturated heterocycles. The molecule has 9 heavy (non-hydrogen) atoms. The van der Waals surface area contributed by atoms with Gasteiger partial charge in [0.05, 0.1) is 0 Å². The molecule has 52 valence electrons. The number of hydrogen-bond donors (Lipinski definition) is 0. The van der Waals surface area contributed by atoms with Crippen LogP contribution in [0.1, 0.15) is 19.8 Å². The first kappa shape index (κ1) is 8.89. The van der Waals surface area contributed by atoms with Crippen LogP contribution in [0, 0.1) is 0 Å². The average molecular weight is 191 g/mol. The number of aldehydes is 1. The predicted octanol–water partition coefficient (Wildman–Crippen LogP) is 2.31. The molecule has 0 bridgehead atoms. The fraction of sp³-hybridized carbons (Fsp3) is 0.571. The summed E-state index contributed by atoms with van der Waals surface area (Å²) in [5, 5.41) is 0.935. The molecule has 0 rings (SSSR count). The van der Waals surface area contributed by atoms with Gasteiger partial charge in [0.2, 0.25) is 0 Å². The van der Waals surface area contributed by atoms with E-state index < -0.39 is 0 Å². The lowest BCUT2D eigenvalue weighted by Crippen LogP contribution is -1.81. The third-order valence-corrected chi connectivity index (χ3v) is 1.53. The van der Waals surface area contributed by atoms with Crippen LogP contribution < -0.4 is 0 Å². The minimum Gasteiger partial charge on any atom is -0.298 e. The molecule has 0 radical (unpaired) electrons. The Labute approximate surface area is 64.3 Å². The number of alkyl halides is 1. The van der Waals surface area contributed by atoms with Gasteiger partial charge in [-0.05, 0) is 18.4 Å². The van der Waals surface area contributed by atoms with Crippen LogP contribution in [-0.4, -0.2) is 11.6 Å². The molecule has 0 fully saturated rings. The SMILES string of the molecule is CCC(C=O)=CCCBr. The van der Waals surface area contributed by atoms with Gasteiger partial charge >= 0.3 is 0 Å². The molecule has 0 spiro atoms. The van der Waals surface area contributed by atoms with Crippen molar-refractivity contribution in [1.29, 1.82) is 0 Å². The van der Waals surface area contributed by atoms with Gasteiger partial charge in [0.15, 0.2) is 0 Å². The van der Waals surface area contributed by atoms with E-state index >= 15 is 0 Å². The molecular weight excluding hydrogens is 180 g/mol. The van der Waals surface area contributed by atoms with E-state index in [1.54, 1.807) is 0 Å². The van der Waals surface area contributed by atoms with Crippen molar-refractivity contribution >= 4 is 22.2 Å². The van der Waals surface area contributed by atoms with Gasteiger partial charge in [0, 0.05) is 5.33 Å². The zero-order chi connectivity index (χ0) is 7.11. The smallest absolute Gasteiger partial charge is 0.145 e. The van der Waals surface area contributed by atoms with Gasteiger partial charge in [0.25, 0.3) is 0 Å². The summed E-state index contributed by atoms with van der Waals surface area (Å²) in [6, 6.07) is 0. The van der Waals surface area contributed by atoms with Crippen LogP contribution in [0.25, 0.3) is 0 Å². The summed E-state index contributed by atoms with van der Waals surface area (Å²) in [7, 11) is 0. The number of rotatable bonds is 4. The Morgan fingerprint density at radius 1 is 1.67 bits per heavy atom. The number of carbonyl (C=O) groups is 1. The predicted molar refractivity (Wildman–Crippen MR) is 42.8 cm³/mol. The number of allylic oxidation sites excluding steroid dienone is 2. The van der Waals surface area contributed by atoms with Crippen LogP contribution in [0.2, 0.25) is 0 Å². The first-order valence-corrected chi connectivity index (χ1v) is 4.17. The lowest BCUT2D eigenvalue weighted by Gasteiger charge is -1.89. The Bertz CT molecular complexity index is 107. The molecule has 0 aromatic heterocycles. The minimum atomic E-state index is 0.844. The molecule has 0 N–H and O–H groups in total. The normalized spacial score (nSPS) is 11.6. The summed E-state index contributed by atoms with van der Waals surface area (Å²) in [4.78, 5) is 10.2. The van der Waals surface area contributed by atoms with Gasteiger partial charge in [-0.1, -0.05) is 28.9 Å². The third-order valence-electron chi connectivity index (χ3n) is 1.08. The standard InChI is InChI=1S/C7H11BrO/c1-2-7(6-9)4-3-5-8/h4,6H,2-3,5H2,1H3. The van der Waals surface area contributed by atoms with Gasteiger partial charge in [-0.15, -0.1) is 0 Å². The number of carbonyl (C=O) groups excluding carboxylic acids is 1. The van der Waals surface area contributed by atoms with E-state index in [0.717, 1.165) is 30.0 Å². The maximum atomic E-state index is 10.2. The van der Waals surface area contributed by atoms with Crippen molar-refractivity contribution in [3.63, 3.8) is 0 Å². The summed E-state index contributed by atoms with van der Waals surface area (Å²) >= 11 is 3.28. The summed E-state index contributed by atoms with van der Waals surface area (Å²) in [6.45, 7) is 1.98. The quantitative estimate of drug-likeness (QED) is 0.378. The van der Waals surface area contributed by atoms with Crippen molar-refractivity contribution in [3.05, 3.63) is 11.6 Å². The second-order valence-electron chi connectivity index (χ2n) is 1.73. The van der Waals surface area contributed by atoms with Crippen LogP contribution in [0.5, 0.6) is 0 Å². The molecule has 0 aromatic carbocycles. The van der Waals surface area contributed by atoms with Gasteiger partial charge < -0.3 is 0 Å². The number of halogens is 1. The molecular formula is C7H11BrO. The monoisotopic (exact) mass is 190 g/mol. The van der Waals surface area contributed by atoms with E-state index in [-0.39, 0.29) is 0 Å². The van der Waals surface area contributed by atoms with Crippen molar-refractivity contribution in [2.24, 2.45) is 0 Å². The van der Waals surface area contributed by atoms with Crippen LogP contribution in [-0.2, 0) is 4.79 Å². The Hall–Kier alpha value is -0.110. The lowest BCUT2D eigenvalue weighted by molar-refractivity contribution is -0.105. The average Bonchev–Trinajstić information content (AvgIpc) is 1.91. The molecule has 1 nitrogen and oxygen atoms in total. The molecule has 0 saturated carbocycles. The highest BCUT2D eigenvalue weighted by atomic mass is 79.9. The maximum absolute atomic E-state index is 10.2. The summed E-state index contributed by atoms with van der Waals surface area (Å²) in [5.41, 5.74) is 0.898. The van der Waals surface area contributed by atoms with Gasteiger partial charge in [-0.25, -0.2) is 0 Å². The van der Waals surface area contributed by atoms with Crippen molar-refractivity contribution < 1.29 is 4.79 Å². The first-order chi connectivity index (χ1) is 4.35. The van der Waals surface area contributed by atoms with E-state index in [4.69, 9.17) is 0 Å². The van der Waals surface area contributed by atoms with E-state index in [0.29, 0.717) is 0 Å². The molecule has 2 heteroatoms. The van der Waals surface area contributed by atoms with E-state index in [2.05, 4.69) is 15.9 Å². The largest absolute Gasteiger partial charge is 0.298 e. The molecule has 0 aliphatic heterocycles. The van der Waals surface area contributed by atoms with E-state index in [9.17, 15) is 4.79 Å². The minimum absolute atomic E-state index is 0.844. The molecule has 0 aliphatic rings. The summed E-state index contributed by atoms with van der Waals surface area (Å²) in [5.74, 6) is 0. The summed E-state index contributed by atoms with van der Waals surface area (Å²) < 4.78 is 0. The highest BCUT2D eigenvalue weighted by Gasteiger charge is 1.87. The fourth-order valence-corrected chi connectivity index (χ4v) is 0.745. The second-order valence-corrected chi connectivity index (χ2v) is 2.52. The zero-order valence-corrected chi connectivity index (χ0v) is 7.15. The molecule has 0 heterocycles. The maximum Gasteiger partial charge on any atom is 0.145 e. The highest BCUT2D eigenvalue weighted by Crippen LogP contribution is 1.99. The van der Waals surface area contributed by atoms with Crippen LogP contribution in [0.3, 0.4) is 0 Å². The summed E-state index contributed by atoms with van der Waals surface area (Å²) in [6.07, 6.45) is 4.67. The van der Waals surface area contributed by atoms with Gasteiger partial charge in [-0.2, -0.15) is 0 Å². The van der Waals surface area contributed by atoms with Crippen molar-refractivity contribution in [2.45, 2.75) is 19.8 Å². The molecule has 0 unspecified atom stereocenters. The highest BCUT2D eigenvalue weighted by molar-refractivity contribution is 9.09. The third kappa shape index (κ3) is 4.40. The van der Waals surface area contributed by atoms with Crippen molar-refractivity contribution in [3.8, 4) is 0 Å². The Balaban J connectivity index is 3.61. The van der Waals surface area contributed by atoms with Crippen molar-refractivity contribution in [1.82, 2.24) is 0 Å². The number of hydrogen-bond acceptors (Lipinski definition) is 1. The Morgan fingerprint density at radius 3 is 2.67 bits per heavy atom. The first-order valence-electron chi connectivity index (χ1n) is 3.05. The Kier molecular flexibility index (Phi) is 5.94. The molecule has 0 aliphatic carbocycles. The van der Waals surface area contributed by atoms with Gasteiger partial charge in [-0.3, -0.25) is 4.79 Å². The van der Waals surface area contributed by atoms with E-state index in [1.165, 1.54) is 0 Å². The molecule has 0 aromatic rings. The topological polar surface area (TPSA) is 17.1 Å². The molecule has 0 atom stereocenters. The van der Waals surface area contributed by atoms with E-state index in [1.807, 2.05) is 13.0 Å². The Morgan fingerprint density at radius 2 is 2.33 bits per heavy atom. The second kappa shape index (κ2) is 6.02. The van der Waals surface area contributed by atoms with Crippen LogP contribution >= 0.6 is 15.9 Å². The fourth-order valence-electron chi connectivity index (χ4n) is 0.516.